The topological polar surface area (TPSA) is 574 Å². The zero-order valence-corrected chi connectivity index (χ0v) is 76.8. The molecule has 0 radical (unpaired) electrons. The maximum atomic E-state index is 14.2. The van der Waals surface area contributed by atoms with Crippen LogP contribution in [0.1, 0.15) is 168 Å². The van der Waals surface area contributed by atoms with Gasteiger partial charge in [-0.05, 0) is 193 Å². The normalized spacial score (nSPS) is 16.0. The van der Waals surface area contributed by atoms with E-state index in [1.807, 2.05) is 27.7 Å². The molecule has 0 saturated carbocycles. The molecule has 48 heteroatoms. The Morgan fingerprint density at radius 1 is 0.540 bits per heavy atom. The van der Waals surface area contributed by atoms with Crippen molar-refractivity contribution in [2.75, 3.05) is 50.2 Å². The van der Waals surface area contributed by atoms with E-state index in [2.05, 4.69) is 98.8 Å². The Hall–Kier alpha value is -11.8. The average molecular weight is 1980 g/mol. The molecule has 0 spiro atoms. The number of pyridine rings is 2. The van der Waals surface area contributed by atoms with Gasteiger partial charge in [-0.25, -0.2) is 37.9 Å². The number of halogens is 6. The number of nitrogens with zero attached hydrogens (tertiary/aromatic N) is 11. The van der Waals surface area contributed by atoms with Crippen LogP contribution in [0.4, 0.5) is 20.4 Å². The van der Waals surface area contributed by atoms with Crippen LogP contribution in [0.5, 0.6) is 0 Å². The van der Waals surface area contributed by atoms with Crippen LogP contribution in [-0.4, -0.2) is 236 Å². The number of aliphatic carboxylic acids is 1. The van der Waals surface area contributed by atoms with Gasteiger partial charge in [-0.1, -0.05) is 12.1 Å². The number of rotatable bonds is 28. The molecule has 12 N–H and O–H groups in total. The van der Waals surface area contributed by atoms with E-state index in [-0.39, 0.29) is 141 Å². The number of nitrogens with two attached hydrogens (primary N) is 4. The van der Waals surface area contributed by atoms with E-state index in [4.69, 9.17) is 61.0 Å². The van der Waals surface area contributed by atoms with E-state index in [9.17, 15) is 75.9 Å². The van der Waals surface area contributed by atoms with Crippen molar-refractivity contribution in [1.29, 1.82) is 0 Å². The summed E-state index contributed by atoms with van der Waals surface area (Å²) in [5.74, 6) is -6.38. The number of carbonyl (C=O) groups is 14. The first kappa shape index (κ1) is 108. The molecule has 0 aromatic carbocycles. The molecule has 0 bridgehead atoms. The molecule has 6 aromatic rings. The lowest BCUT2D eigenvalue weighted by atomic mass is 9.90. The van der Waals surface area contributed by atoms with E-state index in [1.165, 1.54) is 58.5 Å². The Labute approximate surface area is 754 Å². The van der Waals surface area contributed by atoms with Gasteiger partial charge in [0.25, 0.3) is 23.6 Å². The number of esters is 6. The van der Waals surface area contributed by atoms with Crippen molar-refractivity contribution in [3.8, 4) is 0 Å². The summed E-state index contributed by atoms with van der Waals surface area (Å²) in [6, 6.07) is 8.63. The Morgan fingerprint density at radius 2 is 0.905 bits per heavy atom. The number of likely N-dealkylation sites (tertiary alicyclic amines) is 1. The van der Waals surface area contributed by atoms with E-state index < -0.39 is 121 Å². The van der Waals surface area contributed by atoms with Crippen molar-refractivity contribution in [3.05, 3.63) is 145 Å². The Bertz CT molecular complexity index is 4950. The van der Waals surface area contributed by atoms with Gasteiger partial charge in [0.2, 0.25) is 17.7 Å². The second-order valence-electron chi connectivity index (χ2n) is 29.3. The van der Waals surface area contributed by atoms with Gasteiger partial charge in [0.05, 0.1) is 54.7 Å². The summed E-state index contributed by atoms with van der Waals surface area (Å²) in [6.07, 6.45) is 12.0. The zero-order chi connectivity index (χ0) is 94.0. The van der Waals surface area contributed by atoms with E-state index >= 15 is 0 Å². The number of aromatic nitrogens is 10. The predicted molar refractivity (Wildman–Crippen MR) is 464 cm³/mol. The summed E-state index contributed by atoms with van der Waals surface area (Å²) in [6.45, 7) is 25.1. The number of carboxylic acids is 1. The number of carbonyl (C=O) groups excluding carboxylic acids is 13. The zero-order valence-electron chi connectivity index (χ0n) is 71.2. The highest BCUT2D eigenvalue weighted by Crippen LogP contribution is 2.37. The monoisotopic (exact) mass is 1980 g/mol. The number of ether oxygens (including phenoxy) is 6. The highest BCUT2D eigenvalue weighted by Gasteiger charge is 2.50. The third-order valence-electron chi connectivity index (χ3n) is 16.2. The molecule has 3 fully saturated rings. The fraction of sp³-hybridized carbons (Fsp3) is 0.436. The molecule has 3 aliphatic rings. The van der Waals surface area contributed by atoms with Crippen molar-refractivity contribution in [3.63, 3.8) is 0 Å². The van der Waals surface area contributed by atoms with Gasteiger partial charge in [-0.3, -0.25) is 66.7 Å². The lowest BCUT2D eigenvalue weighted by Crippen LogP contribution is -2.44. The van der Waals surface area contributed by atoms with Crippen LogP contribution in [0.2, 0.25) is 0 Å². The summed E-state index contributed by atoms with van der Waals surface area (Å²) in [7, 11) is -0.491. The lowest BCUT2D eigenvalue weighted by Gasteiger charge is -2.32. The summed E-state index contributed by atoms with van der Waals surface area (Å²) < 4.78 is 74.0. The van der Waals surface area contributed by atoms with Gasteiger partial charge in [-0.2, -0.15) is 20.4 Å². The number of amides is 7. The van der Waals surface area contributed by atoms with E-state index in [0.29, 0.717) is 31.7 Å². The van der Waals surface area contributed by atoms with Crippen molar-refractivity contribution in [1.82, 2.24) is 59.3 Å². The molecule has 686 valence electrons. The minimum Gasteiger partial charge on any atom is -0.480 e. The number of carboxylic acid groups (broad SMARTS) is 1. The summed E-state index contributed by atoms with van der Waals surface area (Å²) in [4.78, 5) is 171. The van der Waals surface area contributed by atoms with Crippen LogP contribution in [0, 0.1) is 0 Å². The minimum atomic E-state index is -1.38. The fourth-order valence-electron chi connectivity index (χ4n) is 10.5. The molecule has 7 amide bonds. The molecule has 0 aliphatic carbocycles. The molecule has 9 heterocycles. The lowest BCUT2D eigenvalue weighted by molar-refractivity contribution is -0.156. The quantitative estimate of drug-likeness (QED) is 0.00846. The number of primary amides is 4. The van der Waals surface area contributed by atoms with Crippen LogP contribution in [-0.2, 0) is 112 Å². The molecule has 3 saturated heterocycles. The minimum absolute atomic E-state index is 0. The highest BCUT2D eigenvalue weighted by atomic mass is 79.9. The SMILES string of the molecule is CC(C)(C)OC(=O)Cn1cc(Br)c(C(N)=O)n1.CCOC(=O)/C=C/B1OC(C)(C)C(C)(C)O1.CCOC(=O)/C=C/c1cn(CC(=O)N2C[C@H](F)C[C@H]2C(=O)Nc2cccc(Br)n2)nc1C(N)=O.CCOC(=O)/C=C/c1cn(CC(=O)O)nc1C(N)=O.CCOC(=O)/C=C/c1cn(CC(=O)OC(C)(C)C)nc1C(N)=O.Cl.O=C(Nc1cccc(Br)n1)[C@@H]1C[C@@H](F)CN1. The van der Waals surface area contributed by atoms with Gasteiger partial charge in [0.1, 0.15) is 76.6 Å². The summed E-state index contributed by atoms with van der Waals surface area (Å²) >= 11 is 9.54. The van der Waals surface area contributed by atoms with Gasteiger partial charge in [0.15, 0.2) is 22.8 Å². The van der Waals surface area contributed by atoms with Crippen molar-refractivity contribution < 1.29 is 119 Å². The van der Waals surface area contributed by atoms with Crippen LogP contribution in [0.15, 0.2) is 105 Å². The summed E-state index contributed by atoms with van der Waals surface area (Å²) in [5.41, 5.74) is 19.4. The molecule has 9 rings (SSSR count). The molecule has 3 aliphatic heterocycles. The Balaban J connectivity index is 0.000000399. The molecule has 126 heavy (non-hydrogen) atoms. The molecule has 4 atom stereocenters. The molecular weight excluding hydrogens is 1880 g/mol. The smallest absolute Gasteiger partial charge is 0.480 e. The molecular formula is C78H101BBr3ClF2N18O23. The summed E-state index contributed by atoms with van der Waals surface area (Å²) in [5, 5.41) is 32.2. The molecule has 0 unspecified atom stereocenters. The number of nitrogens with one attached hydrogen (secondary N) is 3. The standard InChI is InChI=1S/C21H22BrFN6O5.C15H21N3O5.C11H19BO4.C11H13N3O5.C10H11BrFN3O.C10H14BrN3O3.ClH/c1-2-34-18(31)7-6-12-9-28(27-19(12)20(24)32)11-17(30)29-10-13(23)8-14(29)21(33)26-16-5-3-4-15(22)25-16;1-5-22-11(19)7-6-10-8-18(17-13(10)14(16)21)9-12(20)23-15(2,3)4;1-6-14-9(13)7-8-12-15-10(2,3)11(4,5)16-12;1-2-19-9(17)4-3-7-5-14(6-8(15)16)13-10(7)11(12)18;11-8-2-1-3-9(14-8)15-10(16)7-4-6(12)5-13-7;1-10(2,3)17-7(15)5-14-4-6(11)8(13-14)9(12)16;/h3-7,9,13-14H,2,8,10-11H2,1H3,(H2,24,32)(H,25,26,33);6-8H,5,9H2,1-4H3,(H2,16,21);7-8H,6H2,1-5H3;3-5H,2,6H2,1H3,(H2,12,18)(H,15,16);1-3,6-7,13H,4-5H2,(H,14,15,16);4H,5H2,1-3H3,(H2,12,16);1H/b2*7-6+;8-7+;4-3+;;;/t13-,14+;;;;6-,7+;;/m1...1../s1. The first-order valence-electron chi connectivity index (χ1n) is 38.1. The Kier molecular flexibility index (Phi) is 43.9. The number of hydrogen-bond acceptors (Lipinski definition) is 29. The third-order valence-corrected chi connectivity index (χ3v) is 17.7. The second-order valence-corrected chi connectivity index (χ2v) is 31.8. The van der Waals surface area contributed by atoms with E-state index in [1.54, 1.807) is 112 Å². The maximum absolute atomic E-state index is 14.2. The Morgan fingerprint density at radius 3 is 1.25 bits per heavy atom. The van der Waals surface area contributed by atoms with Gasteiger partial charge < -0.3 is 86.6 Å². The predicted octanol–water partition coefficient (Wildman–Crippen LogP) is 6.56. The van der Waals surface area contributed by atoms with E-state index in [0.717, 1.165) is 32.5 Å². The maximum Gasteiger partial charge on any atom is 0.487 e. The first-order valence-corrected chi connectivity index (χ1v) is 40.5. The van der Waals surface area contributed by atoms with Crippen LogP contribution in [0.25, 0.3) is 18.2 Å². The van der Waals surface area contributed by atoms with Crippen molar-refractivity contribution in [2.24, 2.45) is 22.9 Å². The van der Waals surface area contributed by atoms with Crippen LogP contribution >= 0.6 is 60.2 Å². The third kappa shape index (κ3) is 38.4. The van der Waals surface area contributed by atoms with Crippen LogP contribution < -0.4 is 38.9 Å². The number of anilines is 2. The molecule has 41 nitrogen and oxygen atoms in total. The van der Waals surface area contributed by atoms with Crippen LogP contribution in [0.3, 0.4) is 0 Å². The highest BCUT2D eigenvalue weighted by molar-refractivity contribution is 9.11. The largest absolute Gasteiger partial charge is 0.487 e. The van der Waals surface area contributed by atoms with Crippen molar-refractivity contribution >= 4 is 180 Å². The van der Waals surface area contributed by atoms with Gasteiger partial charge in [-0.15, -0.1) is 12.4 Å². The van der Waals surface area contributed by atoms with Crippen molar-refractivity contribution in [2.45, 2.75) is 183 Å². The number of alkyl halides is 2. The number of hydrogen-bond donors (Lipinski definition) is 8. The van der Waals surface area contributed by atoms with Gasteiger partial charge in [0, 0.05) is 85.2 Å². The van der Waals surface area contributed by atoms with Gasteiger partial charge >= 0.3 is 48.9 Å². The first-order chi connectivity index (χ1) is 58.3. The molecule has 6 aromatic heterocycles. The fourth-order valence-corrected chi connectivity index (χ4v) is 11.7. The average Bonchev–Trinajstić information content (AvgIpc) is 1.65. The second kappa shape index (κ2) is 51.0.